The van der Waals surface area contributed by atoms with Crippen LogP contribution >= 0.6 is 11.3 Å². The third-order valence-corrected chi connectivity index (χ3v) is 11.1. The van der Waals surface area contributed by atoms with Gasteiger partial charge in [0.05, 0.1) is 0 Å². The molecule has 0 radical (unpaired) electrons. The topological polar surface area (TPSA) is 41.9 Å². The van der Waals surface area contributed by atoms with Crippen molar-refractivity contribution in [2.45, 2.75) is 0 Å². The monoisotopic (exact) mass is 708 g/mol. The lowest BCUT2D eigenvalue weighted by molar-refractivity contribution is 1.08. The average molecular weight is 709 g/mol. The number of fused-ring (bicyclic) bond motifs is 5. The molecule has 2 heterocycles. The van der Waals surface area contributed by atoms with Gasteiger partial charge in [0.1, 0.15) is 0 Å². The first-order chi connectivity index (χ1) is 26.8. The van der Waals surface area contributed by atoms with Crippen LogP contribution in [0.25, 0.3) is 76.2 Å². The molecule has 10 rings (SSSR count). The maximum Gasteiger partial charge on any atom is 0.164 e. The van der Waals surface area contributed by atoms with E-state index < -0.39 is 0 Å². The highest BCUT2D eigenvalue weighted by atomic mass is 32.1. The van der Waals surface area contributed by atoms with Crippen LogP contribution in [0.15, 0.2) is 194 Å². The van der Waals surface area contributed by atoms with E-state index in [0.717, 1.165) is 39.1 Å². The first kappa shape index (κ1) is 31.8. The molecule has 0 bridgehead atoms. The lowest BCUT2D eigenvalue weighted by Gasteiger charge is -2.25. The highest BCUT2D eigenvalue weighted by Crippen LogP contribution is 2.46. The van der Waals surface area contributed by atoms with E-state index in [-0.39, 0.29) is 0 Å². The summed E-state index contributed by atoms with van der Waals surface area (Å²) < 4.78 is 2.46. The predicted octanol–water partition coefficient (Wildman–Crippen LogP) is 13.5. The standard InChI is InChI=1S/C49H32N4S/c1-5-16-34(17-6-1)47-50-48(35-18-7-2-8-19-35)52-49(51-47)43-32-44-45(41-25-14-13-24-40(41)43)42-27-15-26-39(46(42)54-44)33-28-30-38(31-29-33)53(36-20-9-3-10-21-36)37-22-11-4-12-23-37/h1-32H. The number of rotatable bonds is 7. The molecule has 8 aromatic carbocycles. The molecule has 254 valence electrons. The van der Waals surface area contributed by atoms with E-state index in [0.29, 0.717) is 17.5 Å². The molecular weight excluding hydrogens is 677 g/mol. The molecular formula is C49H32N4S. The highest BCUT2D eigenvalue weighted by Gasteiger charge is 2.20. The maximum atomic E-state index is 5.12. The fraction of sp³-hybridized carbons (Fsp3) is 0. The van der Waals surface area contributed by atoms with Crippen LogP contribution in [0.5, 0.6) is 0 Å². The second kappa shape index (κ2) is 13.6. The molecule has 0 saturated carbocycles. The van der Waals surface area contributed by atoms with Crippen molar-refractivity contribution in [1.82, 2.24) is 15.0 Å². The van der Waals surface area contributed by atoms with Crippen LogP contribution in [0, 0.1) is 0 Å². The maximum absolute atomic E-state index is 5.12. The van der Waals surface area contributed by atoms with E-state index in [1.165, 1.54) is 36.7 Å². The molecule has 5 heteroatoms. The van der Waals surface area contributed by atoms with Crippen molar-refractivity contribution in [2.75, 3.05) is 4.90 Å². The Labute approximate surface area is 317 Å². The van der Waals surface area contributed by atoms with Crippen molar-refractivity contribution in [2.24, 2.45) is 0 Å². The molecule has 0 atom stereocenters. The molecule has 0 amide bonds. The fourth-order valence-electron chi connectivity index (χ4n) is 7.39. The van der Waals surface area contributed by atoms with Crippen LogP contribution < -0.4 is 4.90 Å². The molecule has 0 aliphatic heterocycles. The number of anilines is 3. The van der Waals surface area contributed by atoms with Crippen LogP contribution in [-0.4, -0.2) is 15.0 Å². The largest absolute Gasteiger partial charge is 0.311 e. The summed E-state index contributed by atoms with van der Waals surface area (Å²) in [6.45, 7) is 0. The van der Waals surface area contributed by atoms with E-state index >= 15 is 0 Å². The summed E-state index contributed by atoms with van der Waals surface area (Å²) >= 11 is 1.83. The summed E-state index contributed by atoms with van der Waals surface area (Å²) in [6.07, 6.45) is 0. The molecule has 0 aliphatic carbocycles. The second-order valence-electron chi connectivity index (χ2n) is 13.2. The van der Waals surface area contributed by atoms with E-state index in [1.54, 1.807) is 0 Å². The second-order valence-corrected chi connectivity index (χ2v) is 14.3. The van der Waals surface area contributed by atoms with Gasteiger partial charge in [-0.05, 0) is 64.4 Å². The fourth-order valence-corrected chi connectivity index (χ4v) is 8.69. The molecule has 2 aromatic heterocycles. The minimum absolute atomic E-state index is 0.656. The summed E-state index contributed by atoms with van der Waals surface area (Å²) in [5.74, 6) is 1.98. The first-order valence-corrected chi connectivity index (χ1v) is 18.9. The lowest BCUT2D eigenvalue weighted by Crippen LogP contribution is -2.09. The van der Waals surface area contributed by atoms with Gasteiger partial charge in [0.2, 0.25) is 0 Å². The van der Waals surface area contributed by atoms with Gasteiger partial charge in [0.25, 0.3) is 0 Å². The van der Waals surface area contributed by atoms with Gasteiger partial charge in [0.15, 0.2) is 17.5 Å². The van der Waals surface area contributed by atoms with Crippen molar-refractivity contribution in [3.63, 3.8) is 0 Å². The summed E-state index contributed by atoms with van der Waals surface area (Å²) in [4.78, 5) is 17.5. The summed E-state index contributed by atoms with van der Waals surface area (Å²) in [5.41, 5.74) is 8.65. The highest BCUT2D eigenvalue weighted by molar-refractivity contribution is 7.26. The lowest BCUT2D eigenvalue weighted by atomic mass is 9.97. The number of hydrogen-bond donors (Lipinski definition) is 0. The Kier molecular flexibility index (Phi) is 7.97. The zero-order valence-corrected chi connectivity index (χ0v) is 30.0. The summed E-state index contributed by atoms with van der Waals surface area (Å²) in [5, 5.41) is 4.81. The molecule has 0 fully saturated rings. The van der Waals surface area contributed by atoms with E-state index in [2.05, 4.69) is 163 Å². The number of benzene rings is 8. The zero-order chi connectivity index (χ0) is 35.8. The third kappa shape index (κ3) is 5.68. The van der Waals surface area contributed by atoms with Crippen molar-refractivity contribution in [3.8, 4) is 45.3 Å². The van der Waals surface area contributed by atoms with E-state index in [4.69, 9.17) is 15.0 Å². The number of nitrogens with zero attached hydrogens (tertiary/aromatic N) is 4. The van der Waals surface area contributed by atoms with Crippen LogP contribution in [0.4, 0.5) is 17.1 Å². The van der Waals surface area contributed by atoms with Crippen LogP contribution in [-0.2, 0) is 0 Å². The first-order valence-electron chi connectivity index (χ1n) is 18.0. The van der Waals surface area contributed by atoms with Gasteiger partial charge in [-0.15, -0.1) is 11.3 Å². The molecule has 0 unspecified atom stereocenters. The van der Waals surface area contributed by atoms with Crippen LogP contribution in [0.3, 0.4) is 0 Å². The SMILES string of the molecule is c1ccc(-c2nc(-c3ccccc3)nc(-c3cc4sc5c(-c6ccc(N(c7ccccc7)c7ccccc7)cc6)cccc5c4c4ccccc34)n2)cc1. The predicted molar refractivity (Wildman–Crippen MR) is 227 cm³/mol. The van der Waals surface area contributed by atoms with Gasteiger partial charge < -0.3 is 4.90 Å². The number of aromatic nitrogens is 3. The van der Waals surface area contributed by atoms with E-state index in [1.807, 2.05) is 47.7 Å². The smallest absolute Gasteiger partial charge is 0.164 e. The zero-order valence-electron chi connectivity index (χ0n) is 29.2. The Morgan fingerprint density at radius 1 is 0.352 bits per heavy atom. The summed E-state index contributed by atoms with van der Waals surface area (Å²) in [7, 11) is 0. The van der Waals surface area contributed by atoms with Gasteiger partial charge in [0, 0.05) is 53.9 Å². The number of hydrogen-bond acceptors (Lipinski definition) is 5. The van der Waals surface area contributed by atoms with E-state index in [9.17, 15) is 0 Å². The Morgan fingerprint density at radius 3 is 1.43 bits per heavy atom. The number of para-hydroxylation sites is 2. The molecule has 0 aliphatic rings. The molecule has 54 heavy (non-hydrogen) atoms. The normalized spacial score (nSPS) is 11.3. The van der Waals surface area contributed by atoms with Crippen molar-refractivity contribution >= 4 is 59.3 Å². The average Bonchev–Trinajstić information content (AvgIpc) is 3.64. The van der Waals surface area contributed by atoms with Crippen molar-refractivity contribution < 1.29 is 0 Å². The Morgan fingerprint density at radius 2 is 0.833 bits per heavy atom. The molecule has 0 saturated heterocycles. The quantitative estimate of drug-likeness (QED) is 0.165. The molecule has 4 nitrogen and oxygen atoms in total. The third-order valence-electron chi connectivity index (χ3n) is 9.91. The van der Waals surface area contributed by atoms with Crippen molar-refractivity contribution in [1.29, 1.82) is 0 Å². The molecule has 10 aromatic rings. The van der Waals surface area contributed by atoms with Crippen LogP contribution in [0.1, 0.15) is 0 Å². The van der Waals surface area contributed by atoms with Crippen molar-refractivity contribution in [3.05, 3.63) is 194 Å². The van der Waals surface area contributed by atoms with Gasteiger partial charge in [-0.2, -0.15) is 0 Å². The Balaban J connectivity index is 1.13. The minimum atomic E-state index is 0.656. The van der Waals surface area contributed by atoms with Gasteiger partial charge >= 0.3 is 0 Å². The Bertz CT molecular complexity index is 2810. The Hall–Kier alpha value is -6.95. The molecule has 0 spiro atoms. The van der Waals surface area contributed by atoms with Crippen LogP contribution in [0.2, 0.25) is 0 Å². The minimum Gasteiger partial charge on any atom is -0.311 e. The summed E-state index contributed by atoms with van der Waals surface area (Å²) in [6, 6.07) is 67.9. The van der Waals surface area contributed by atoms with Gasteiger partial charge in [-0.3, -0.25) is 0 Å². The van der Waals surface area contributed by atoms with Gasteiger partial charge in [-0.25, -0.2) is 15.0 Å². The number of thiophene rings is 1. The van der Waals surface area contributed by atoms with Gasteiger partial charge in [-0.1, -0.05) is 152 Å². The molecule has 0 N–H and O–H groups in total.